The molecule has 0 aliphatic rings. The number of amides is 1. The number of carbonyl (C=O) groups is 1. The van der Waals surface area contributed by atoms with Gasteiger partial charge in [0.05, 0.1) is 4.90 Å². The minimum absolute atomic E-state index is 0.0517. The van der Waals surface area contributed by atoms with Crippen LogP contribution in [0.2, 0.25) is 0 Å². The van der Waals surface area contributed by atoms with Crippen molar-refractivity contribution >= 4 is 41.6 Å². The minimum atomic E-state index is -3.87. The molecule has 0 saturated heterocycles. The van der Waals surface area contributed by atoms with Crippen molar-refractivity contribution in [3.63, 3.8) is 0 Å². The SMILES string of the molecule is CCCCNC(=O)c1cc(Br)cc(S(=O)(=O)Cl)c1C. The second-order valence-electron chi connectivity index (χ2n) is 4.12. The summed E-state index contributed by atoms with van der Waals surface area (Å²) in [4.78, 5) is 12.0. The monoisotopic (exact) mass is 367 g/mol. The van der Waals surface area contributed by atoms with E-state index in [9.17, 15) is 13.2 Å². The molecule has 1 N–H and O–H groups in total. The van der Waals surface area contributed by atoms with Gasteiger partial charge in [-0.15, -0.1) is 0 Å². The molecule has 106 valence electrons. The van der Waals surface area contributed by atoms with Crippen molar-refractivity contribution in [3.05, 3.63) is 27.7 Å². The molecule has 1 aromatic rings. The van der Waals surface area contributed by atoms with Crippen LogP contribution in [0.25, 0.3) is 0 Å². The van der Waals surface area contributed by atoms with Crippen LogP contribution >= 0.6 is 26.6 Å². The highest BCUT2D eigenvalue weighted by molar-refractivity contribution is 9.10. The Morgan fingerprint density at radius 2 is 2.05 bits per heavy atom. The molecule has 0 atom stereocenters. The molecule has 1 aromatic carbocycles. The number of benzene rings is 1. The summed E-state index contributed by atoms with van der Waals surface area (Å²) in [6.45, 7) is 4.15. The molecule has 0 fully saturated rings. The summed E-state index contributed by atoms with van der Waals surface area (Å²) < 4.78 is 23.4. The van der Waals surface area contributed by atoms with Crippen molar-refractivity contribution in [2.75, 3.05) is 6.54 Å². The van der Waals surface area contributed by atoms with E-state index >= 15 is 0 Å². The van der Waals surface area contributed by atoms with Gasteiger partial charge >= 0.3 is 0 Å². The standard InChI is InChI=1S/C12H15BrClNO3S/c1-3-4-5-15-12(16)10-6-9(13)7-11(8(10)2)19(14,17)18/h6-7H,3-5H2,1-2H3,(H,15,16). The van der Waals surface area contributed by atoms with E-state index in [1.54, 1.807) is 13.0 Å². The van der Waals surface area contributed by atoms with Crippen LogP contribution in [0.1, 0.15) is 35.7 Å². The number of hydrogen-bond acceptors (Lipinski definition) is 3. The second kappa shape index (κ2) is 6.72. The zero-order chi connectivity index (χ0) is 14.6. The third-order valence-electron chi connectivity index (χ3n) is 2.65. The summed E-state index contributed by atoms with van der Waals surface area (Å²) >= 11 is 3.19. The molecule has 19 heavy (non-hydrogen) atoms. The van der Waals surface area contributed by atoms with E-state index in [2.05, 4.69) is 21.2 Å². The fraction of sp³-hybridized carbons (Fsp3) is 0.417. The molecule has 1 amide bonds. The van der Waals surface area contributed by atoms with Gasteiger partial charge in [-0.3, -0.25) is 4.79 Å². The summed E-state index contributed by atoms with van der Waals surface area (Å²) in [5.41, 5.74) is 0.664. The highest BCUT2D eigenvalue weighted by Gasteiger charge is 2.20. The van der Waals surface area contributed by atoms with E-state index < -0.39 is 9.05 Å². The molecular weight excluding hydrogens is 354 g/mol. The van der Waals surface area contributed by atoms with Crippen LogP contribution in [0.3, 0.4) is 0 Å². The maximum Gasteiger partial charge on any atom is 0.261 e. The lowest BCUT2D eigenvalue weighted by molar-refractivity contribution is 0.0952. The topological polar surface area (TPSA) is 63.2 Å². The zero-order valence-corrected chi connectivity index (χ0v) is 13.8. The molecule has 1 rings (SSSR count). The van der Waals surface area contributed by atoms with Gasteiger partial charge in [0.2, 0.25) is 0 Å². The predicted octanol–water partition coefficient (Wildman–Crippen LogP) is 3.21. The minimum Gasteiger partial charge on any atom is -0.352 e. The van der Waals surface area contributed by atoms with Crippen molar-refractivity contribution in [2.45, 2.75) is 31.6 Å². The first-order chi connectivity index (χ1) is 8.77. The summed E-state index contributed by atoms with van der Waals surface area (Å²) in [5.74, 6) is -0.297. The molecule has 0 spiro atoms. The van der Waals surface area contributed by atoms with E-state index in [-0.39, 0.29) is 10.8 Å². The number of halogens is 2. The van der Waals surface area contributed by atoms with Gasteiger partial charge in [0.15, 0.2) is 0 Å². The van der Waals surface area contributed by atoms with Crippen molar-refractivity contribution in [2.24, 2.45) is 0 Å². The lowest BCUT2D eigenvalue weighted by atomic mass is 10.1. The first-order valence-electron chi connectivity index (χ1n) is 5.80. The highest BCUT2D eigenvalue weighted by Crippen LogP contribution is 2.27. The number of nitrogens with one attached hydrogen (secondary N) is 1. The van der Waals surface area contributed by atoms with Crippen LogP contribution in [0.4, 0.5) is 0 Å². The van der Waals surface area contributed by atoms with Crippen molar-refractivity contribution in [3.8, 4) is 0 Å². The molecule has 0 saturated carbocycles. The average molecular weight is 369 g/mol. The van der Waals surface area contributed by atoms with E-state index in [1.165, 1.54) is 6.07 Å². The van der Waals surface area contributed by atoms with Gasteiger partial charge in [0.25, 0.3) is 15.0 Å². The Hall–Kier alpha value is -0.590. The van der Waals surface area contributed by atoms with Gasteiger partial charge in [0, 0.05) is 27.3 Å². The number of carbonyl (C=O) groups excluding carboxylic acids is 1. The molecule has 0 aliphatic heterocycles. The van der Waals surface area contributed by atoms with Crippen LogP contribution in [-0.4, -0.2) is 20.9 Å². The summed E-state index contributed by atoms with van der Waals surface area (Å²) in [7, 11) is 1.48. The molecule has 7 heteroatoms. The third-order valence-corrected chi connectivity index (χ3v) is 4.55. The van der Waals surface area contributed by atoms with Crippen LogP contribution < -0.4 is 5.32 Å². The van der Waals surface area contributed by atoms with Crippen molar-refractivity contribution in [1.82, 2.24) is 5.32 Å². The van der Waals surface area contributed by atoms with Crippen LogP contribution in [-0.2, 0) is 9.05 Å². The highest BCUT2D eigenvalue weighted by atomic mass is 79.9. The van der Waals surface area contributed by atoms with Gasteiger partial charge in [-0.2, -0.15) is 0 Å². The first kappa shape index (κ1) is 16.5. The lowest BCUT2D eigenvalue weighted by Gasteiger charge is -2.11. The van der Waals surface area contributed by atoms with Crippen LogP contribution in [0, 0.1) is 6.92 Å². The Labute approximate surface area is 126 Å². The zero-order valence-electron chi connectivity index (χ0n) is 10.7. The van der Waals surface area contributed by atoms with Gasteiger partial charge in [-0.25, -0.2) is 8.42 Å². The fourth-order valence-corrected chi connectivity index (χ4v) is 3.45. The Morgan fingerprint density at radius 3 is 2.58 bits per heavy atom. The molecular formula is C12H15BrClNO3S. The number of unbranched alkanes of at least 4 members (excludes halogenated alkanes) is 1. The molecule has 0 bridgehead atoms. The maximum absolute atomic E-state index is 12.0. The molecule has 0 unspecified atom stereocenters. The van der Waals surface area contributed by atoms with Gasteiger partial charge in [-0.1, -0.05) is 29.3 Å². The molecule has 0 radical (unpaired) electrons. The summed E-state index contributed by atoms with van der Waals surface area (Å²) in [6, 6.07) is 2.97. The predicted molar refractivity (Wildman–Crippen MR) is 79.2 cm³/mol. The smallest absolute Gasteiger partial charge is 0.261 e. The Bertz CT molecular complexity index is 587. The largest absolute Gasteiger partial charge is 0.352 e. The second-order valence-corrected chi connectivity index (χ2v) is 7.57. The van der Waals surface area contributed by atoms with Gasteiger partial charge in [0.1, 0.15) is 0 Å². The van der Waals surface area contributed by atoms with E-state index in [0.29, 0.717) is 22.1 Å². The van der Waals surface area contributed by atoms with Gasteiger partial charge in [-0.05, 0) is 31.0 Å². The number of rotatable bonds is 5. The Kier molecular flexibility index (Phi) is 5.82. The third kappa shape index (κ3) is 4.47. The Balaban J connectivity index is 3.15. The normalized spacial score (nSPS) is 11.4. The quantitative estimate of drug-likeness (QED) is 0.641. The molecule has 4 nitrogen and oxygen atoms in total. The molecule has 0 heterocycles. The van der Waals surface area contributed by atoms with E-state index in [0.717, 1.165) is 12.8 Å². The summed E-state index contributed by atoms with van der Waals surface area (Å²) in [5, 5.41) is 2.75. The summed E-state index contributed by atoms with van der Waals surface area (Å²) in [6.07, 6.45) is 1.85. The number of hydrogen-bond donors (Lipinski definition) is 1. The first-order valence-corrected chi connectivity index (χ1v) is 8.90. The fourth-order valence-electron chi connectivity index (χ4n) is 1.62. The van der Waals surface area contributed by atoms with E-state index in [1.807, 2.05) is 6.92 Å². The average Bonchev–Trinajstić information content (AvgIpc) is 2.30. The molecule has 0 aromatic heterocycles. The van der Waals surface area contributed by atoms with Gasteiger partial charge < -0.3 is 5.32 Å². The van der Waals surface area contributed by atoms with Crippen molar-refractivity contribution in [1.29, 1.82) is 0 Å². The lowest BCUT2D eigenvalue weighted by Crippen LogP contribution is -2.25. The van der Waals surface area contributed by atoms with Crippen LogP contribution in [0.15, 0.2) is 21.5 Å². The van der Waals surface area contributed by atoms with Crippen LogP contribution in [0.5, 0.6) is 0 Å². The van der Waals surface area contributed by atoms with E-state index in [4.69, 9.17) is 10.7 Å². The molecule has 0 aliphatic carbocycles. The van der Waals surface area contributed by atoms with Crippen molar-refractivity contribution < 1.29 is 13.2 Å². The maximum atomic E-state index is 12.0. The Morgan fingerprint density at radius 1 is 1.42 bits per heavy atom.